The second kappa shape index (κ2) is 20.7. The number of ketones is 1. The first-order chi connectivity index (χ1) is 33.5. The zero-order valence-corrected chi connectivity index (χ0v) is 41.4. The Kier molecular flexibility index (Phi) is 14.5. The van der Waals surface area contributed by atoms with Crippen molar-refractivity contribution in [1.29, 1.82) is 0 Å². The van der Waals surface area contributed by atoms with E-state index in [2.05, 4.69) is 59.2 Å². The van der Waals surface area contributed by atoms with Crippen LogP contribution in [0, 0.1) is 0 Å². The number of amides is 2. The molecule has 0 saturated heterocycles. The summed E-state index contributed by atoms with van der Waals surface area (Å²) in [6.07, 6.45) is -0.391. The van der Waals surface area contributed by atoms with Gasteiger partial charge in [0.1, 0.15) is 11.2 Å². The van der Waals surface area contributed by atoms with Crippen LogP contribution in [-0.4, -0.2) is 71.9 Å². The summed E-state index contributed by atoms with van der Waals surface area (Å²) in [6.45, 7) is 12.8. The Labute approximate surface area is 410 Å². The molecule has 0 aromatic heterocycles. The van der Waals surface area contributed by atoms with Gasteiger partial charge in [0.15, 0.2) is 5.78 Å². The molecule has 0 aliphatic rings. The van der Waals surface area contributed by atoms with Crippen molar-refractivity contribution in [2.45, 2.75) is 78.9 Å². The molecule has 0 saturated carbocycles. The molecule has 2 N–H and O–H groups in total. The molecular weight excluding hydrogens is 873 g/mol. The number of benzene rings is 8. The predicted octanol–water partition coefficient (Wildman–Crippen LogP) is 12.0. The summed E-state index contributed by atoms with van der Waals surface area (Å²) in [4.78, 5) is 58.1. The van der Waals surface area contributed by atoms with E-state index in [9.17, 15) is 19.2 Å². The summed E-state index contributed by atoms with van der Waals surface area (Å²) >= 11 is 0. The van der Waals surface area contributed by atoms with Crippen molar-refractivity contribution in [2.24, 2.45) is 0 Å². The van der Waals surface area contributed by atoms with E-state index < -0.39 is 17.3 Å². The summed E-state index contributed by atoms with van der Waals surface area (Å²) in [5, 5.41) is 15.0. The monoisotopic (exact) mass is 934 g/mol. The van der Waals surface area contributed by atoms with Gasteiger partial charge in [-0.25, -0.2) is 4.79 Å². The Balaban J connectivity index is 1.03. The number of fused-ring (bicyclic) bond motifs is 4. The summed E-state index contributed by atoms with van der Waals surface area (Å²) in [6, 6.07) is 47.7. The molecule has 8 aromatic rings. The molecule has 0 aliphatic heterocycles. The lowest BCUT2D eigenvalue weighted by Gasteiger charge is -2.26. The van der Waals surface area contributed by atoms with Crippen LogP contribution in [-0.2, 0) is 40.4 Å². The van der Waals surface area contributed by atoms with Crippen LogP contribution in [0.3, 0.4) is 0 Å². The highest BCUT2D eigenvalue weighted by Crippen LogP contribution is 2.37. The highest BCUT2D eigenvalue weighted by Gasteiger charge is 2.25. The quantitative estimate of drug-likeness (QED) is 0.0593. The third-order valence-corrected chi connectivity index (χ3v) is 12.4. The first kappa shape index (κ1) is 49.0. The van der Waals surface area contributed by atoms with Crippen molar-refractivity contribution < 1.29 is 28.7 Å². The number of carbonyl (C=O) groups is 4. The summed E-state index contributed by atoms with van der Waals surface area (Å²) < 4.78 is 11.2. The molecule has 0 bridgehead atoms. The van der Waals surface area contributed by atoms with E-state index in [1.807, 2.05) is 146 Å². The highest BCUT2D eigenvalue weighted by atomic mass is 16.6. The van der Waals surface area contributed by atoms with Gasteiger partial charge in [-0.2, -0.15) is 0 Å². The average molecular weight is 935 g/mol. The van der Waals surface area contributed by atoms with E-state index in [1.165, 1.54) is 0 Å². The third-order valence-electron chi connectivity index (χ3n) is 12.4. The van der Waals surface area contributed by atoms with Gasteiger partial charge in [0.25, 0.3) is 5.91 Å². The van der Waals surface area contributed by atoms with Crippen LogP contribution in [0.4, 0.5) is 4.79 Å². The average Bonchev–Trinajstić information content (AvgIpc) is 3.34. The van der Waals surface area contributed by atoms with E-state index in [0.29, 0.717) is 48.4 Å². The molecule has 0 heterocycles. The number of hydrogen-bond donors (Lipinski definition) is 2. The number of carbonyl (C=O) groups excluding carboxylic acids is 4. The van der Waals surface area contributed by atoms with Gasteiger partial charge in [-0.05, 0) is 124 Å². The number of hydrogen-bond acceptors (Lipinski definition) is 8. The number of ether oxygens (including phenoxy) is 2. The topological polar surface area (TPSA) is 117 Å². The van der Waals surface area contributed by atoms with Gasteiger partial charge >= 0.3 is 12.1 Å². The molecule has 8 aromatic carbocycles. The van der Waals surface area contributed by atoms with Crippen LogP contribution in [0.1, 0.15) is 84.5 Å². The molecule has 2 amide bonds. The predicted molar refractivity (Wildman–Crippen MR) is 282 cm³/mol. The van der Waals surface area contributed by atoms with Gasteiger partial charge in [-0.15, -0.1) is 0 Å². The van der Waals surface area contributed by atoms with E-state index in [4.69, 9.17) is 9.47 Å². The SMILES string of the molecule is CN(Cc1c2ccccc2c(CNCC(=O)c2ccccc2-c2ccccc2C(=O)N(C)Cc2c3ccccc3c(CNCC(=O)OC(C)(C)C)c3ccccc23)c2ccccc12)C(=O)OC(C)(C)C. The maximum atomic E-state index is 14.7. The molecule has 0 fully saturated rings. The second-order valence-corrected chi connectivity index (χ2v) is 19.9. The van der Waals surface area contributed by atoms with Gasteiger partial charge < -0.3 is 29.9 Å². The minimum Gasteiger partial charge on any atom is -0.459 e. The summed E-state index contributed by atoms with van der Waals surface area (Å²) in [5.41, 5.74) is 5.33. The van der Waals surface area contributed by atoms with Crippen molar-refractivity contribution >= 4 is 66.8 Å². The highest BCUT2D eigenvalue weighted by molar-refractivity contribution is 6.10. The van der Waals surface area contributed by atoms with Crippen molar-refractivity contribution in [3.8, 4) is 11.1 Å². The van der Waals surface area contributed by atoms with Crippen LogP contribution < -0.4 is 10.6 Å². The zero-order valence-electron chi connectivity index (χ0n) is 41.4. The Hall–Kier alpha value is -7.40. The number of esters is 1. The Morgan fingerprint density at radius 3 is 1.20 bits per heavy atom. The van der Waals surface area contributed by atoms with Crippen molar-refractivity contribution in [3.63, 3.8) is 0 Å². The molecule has 0 unspecified atom stereocenters. The summed E-state index contributed by atoms with van der Waals surface area (Å²) in [5.74, 6) is -0.591. The number of rotatable bonds is 15. The molecule has 8 rings (SSSR count). The normalized spacial score (nSPS) is 11.8. The number of Topliss-reactive ketones (excluding diaryl/α,β-unsaturated/α-hetero) is 1. The van der Waals surface area contributed by atoms with Crippen LogP contribution in [0.2, 0.25) is 0 Å². The maximum Gasteiger partial charge on any atom is 0.410 e. The first-order valence-electron chi connectivity index (χ1n) is 23.9. The number of nitrogens with one attached hydrogen (secondary N) is 2. The lowest BCUT2D eigenvalue weighted by molar-refractivity contribution is -0.153. The van der Waals surface area contributed by atoms with Crippen LogP contribution in [0.5, 0.6) is 0 Å². The fourth-order valence-corrected chi connectivity index (χ4v) is 9.42. The molecule has 10 nitrogen and oxygen atoms in total. The van der Waals surface area contributed by atoms with E-state index in [-0.39, 0.29) is 30.7 Å². The fourth-order valence-electron chi connectivity index (χ4n) is 9.42. The Morgan fingerprint density at radius 2 is 0.771 bits per heavy atom. The van der Waals surface area contributed by atoms with Crippen LogP contribution in [0.15, 0.2) is 146 Å². The lowest BCUT2D eigenvalue weighted by atomic mass is 9.90. The molecule has 358 valence electrons. The molecule has 0 atom stereocenters. The Morgan fingerprint density at radius 1 is 0.429 bits per heavy atom. The molecule has 70 heavy (non-hydrogen) atoms. The molecule has 0 radical (unpaired) electrons. The largest absolute Gasteiger partial charge is 0.459 e. The maximum absolute atomic E-state index is 14.7. The standard InChI is InChI=1S/C60H62N4O6/c1-59(2,3)69-56(66)36-62-34-52-41-23-9-13-27-45(41)53(46-28-14-10-24-42(46)52)37-63(7)57(67)50-32-20-18-22-40(50)39-21-17-19-31-49(39)55(65)35-61-33-51-43-25-11-15-29-47(43)54(48-30-16-12-26-44(48)51)38-64(8)58(68)70-60(4,5)6/h9-32,61-62H,33-38H2,1-8H3. The molecule has 10 heteroatoms. The molecule has 0 aliphatic carbocycles. The van der Waals surface area contributed by atoms with E-state index in [0.717, 1.165) is 65.3 Å². The zero-order chi connectivity index (χ0) is 49.7. The van der Waals surface area contributed by atoms with Crippen molar-refractivity contribution in [3.05, 3.63) is 179 Å². The third kappa shape index (κ3) is 10.9. The minimum absolute atomic E-state index is 0.0610. The molecule has 0 spiro atoms. The fraction of sp³-hybridized carbons (Fsp3) is 0.267. The second-order valence-electron chi connectivity index (χ2n) is 19.9. The lowest BCUT2D eigenvalue weighted by Crippen LogP contribution is -2.34. The van der Waals surface area contributed by atoms with E-state index >= 15 is 0 Å². The van der Waals surface area contributed by atoms with Gasteiger partial charge in [0.2, 0.25) is 0 Å². The number of nitrogens with zero attached hydrogens (tertiary/aromatic N) is 2. The van der Waals surface area contributed by atoms with E-state index in [1.54, 1.807) is 16.8 Å². The molecular formula is C60H62N4O6. The minimum atomic E-state index is -0.616. The van der Waals surface area contributed by atoms with Gasteiger partial charge in [0, 0.05) is 51.4 Å². The van der Waals surface area contributed by atoms with Crippen LogP contribution >= 0.6 is 0 Å². The van der Waals surface area contributed by atoms with Crippen molar-refractivity contribution in [1.82, 2.24) is 20.4 Å². The van der Waals surface area contributed by atoms with Gasteiger partial charge in [-0.3, -0.25) is 14.4 Å². The first-order valence-corrected chi connectivity index (χ1v) is 23.9. The summed E-state index contributed by atoms with van der Waals surface area (Å²) in [7, 11) is 3.57. The smallest absolute Gasteiger partial charge is 0.410 e. The van der Waals surface area contributed by atoms with Gasteiger partial charge in [0.05, 0.1) is 13.1 Å². The van der Waals surface area contributed by atoms with Gasteiger partial charge in [-0.1, -0.05) is 140 Å². The Bertz CT molecular complexity index is 3160. The van der Waals surface area contributed by atoms with Crippen molar-refractivity contribution in [2.75, 3.05) is 27.2 Å². The van der Waals surface area contributed by atoms with Crippen LogP contribution in [0.25, 0.3) is 54.2 Å².